The molecule has 0 aliphatic rings. The zero-order valence-electron chi connectivity index (χ0n) is 9.95. The van der Waals surface area contributed by atoms with Crippen molar-refractivity contribution in [2.45, 2.75) is 5.88 Å². The van der Waals surface area contributed by atoms with E-state index in [1.807, 2.05) is 0 Å². The summed E-state index contributed by atoms with van der Waals surface area (Å²) in [6.07, 6.45) is 1.46. The topological polar surface area (TPSA) is 30.7 Å². The lowest BCUT2D eigenvalue weighted by Crippen LogP contribution is -2.01. The number of halogens is 4. The van der Waals surface area contributed by atoms with Crippen molar-refractivity contribution in [3.63, 3.8) is 0 Å². The highest BCUT2D eigenvalue weighted by Gasteiger charge is 2.14. The van der Waals surface area contributed by atoms with Gasteiger partial charge in [-0.1, -0.05) is 11.6 Å². The lowest BCUT2D eigenvalue weighted by atomic mass is 10.3. The van der Waals surface area contributed by atoms with Gasteiger partial charge in [-0.3, -0.25) is 4.57 Å². The first-order valence-electron chi connectivity index (χ1n) is 5.64. The Bertz CT molecular complexity index is 802. The molecule has 0 saturated carbocycles. The molecule has 3 aromatic rings. The van der Waals surface area contributed by atoms with Crippen LogP contribution >= 0.6 is 23.2 Å². The van der Waals surface area contributed by atoms with E-state index in [2.05, 4.69) is 9.97 Å². The standard InChI is InChI=1S/C13H7Cl2F2N3/c14-5-12-19-11-3-7(15)6-18-13(11)20(12)8-1-2-9(16)10(17)4-8/h1-4,6H,5H2. The van der Waals surface area contributed by atoms with Crippen molar-refractivity contribution in [2.24, 2.45) is 0 Å². The van der Waals surface area contributed by atoms with Crippen LogP contribution in [0.2, 0.25) is 5.02 Å². The van der Waals surface area contributed by atoms with Gasteiger partial charge in [0.05, 0.1) is 16.6 Å². The average molecular weight is 314 g/mol. The van der Waals surface area contributed by atoms with Gasteiger partial charge in [0.25, 0.3) is 0 Å². The third kappa shape index (κ3) is 2.13. The van der Waals surface area contributed by atoms with Crippen molar-refractivity contribution in [1.82, 2.24) is 14.5 Å². The quantitative estimate of drug-likeness (QED) is 0.667. The monoisotopic (exact) mass is 313 g/mol. The van der Waals surface area contributed by atoms with Crippen LogP contribution in [0.15, 0.2) is 30.5 Å². The van der Waals surface area contributed by atoms with Crippen LogP contribution in [0.1, 0.15) is 5.82 Å². The highest BCUT2D eigenvalue weighted by molar-refractivity contribution is 6.31. The van der Waals surface area contributed by atoms with Crippen molar-refractivity contribution in [2.75, 3.05) is 0 Å². The molecule has 0 aliphatic heterocycles. The second-order valence-electron chi connectivity index (χ2n) is 4.09. The summed E-state index contributed by atoms with van der Waals surface area (Å²) in [4.78, 5) is 8.46. The summed E-state index contributed by atoms with van der Waals surface area (Å²) >= 11 is 11.7. The Hall–Kier alpha value is -1.72. The van der Waals surface area contributed by atoms with E-state index in [1.54, 1.807) is 10.6 Å². The average Bonchev–Trinajstić information content (AvgIpc) is 2.79. The molecule has 1 aromatic carbocycles. The predicted octanol–water partition coefficient (Wildman–Crippen LogP) is 4.09. The number of alkyl halides is 1. The van der Waals surface area contributed by atoms with E-state index >= 15 is 0 Å². The summed E-state index contributed by atoms with van der Waals surface area (Å²) in [5, 5.41) is 0.438. The van der Waals surface area contributed by atoms with Crippen LogP contribution in [-0.4, -0.2) is 14.5 Å². The fourth-order valence-electron chi connectivity index (χ4n) is 1.97. The molecule has 0 saturated heterocycles. The number of imidazole rings is 1. The second kappa shape index (κ2) is 5.00. The molecule has 0 atom stereocenters. The van der Waals surface area contributed by atoms with Crippen molar-refractivity contribution in [3.05, 3.63) is 52.9 Å². The molecule has 0 radical (unpaired) electrons. The van der Waals surface area contributed by atoms with Gasteiger partial charge < -0.3 is 0 Å². The van der Waals surface area contributed by atoms with Gasteiger partial charge in [0, 0.05) is 12.3 Å². The Morgan fingerprint density at radius 3 is 2.65 bits per heavy atom. The molecule has 7 heteroatoms. The van der Waals surface area contributed by atoms with Gasteiger partial charge in [0.15, 0.2) is 17.3 Å². The first-order chi connectivity index (χ1) is 9.60. The number of hydrogen-bond donors (Lipinski definition) is 0. The number of benzene rings is 1. The maximum absolute atomic E-state index is 13.4. The van der Waals surface area contributed by atoms with Gasteiger partial charge in [-0.05, 0) is 18.2 Å². The normalized spacial score (nSPS) is 11.2. The third-order valence-electron chi connectivity index (χ3n) is 2.81. The van der Waals surface area contributed by atoms with Crippen LogP contribution in [-0.2, 0) is 5.88 Å². The third-order valence-corrected chi connectivity index (χ3v) is 3.26. The smallest absolute Gasteiger partial charge is 0.164 e. The van der Waals surface area contributed by atoms with Gasteiger partial charge in [-0.2, -0.15) is 0 Å². The second-order valence-corrected chi connectivity index (χ2v) is 4.80. The SMILES string of the molecule is Fc1ccc(-n2c(CCl)nc3cc(Cl)cnc32)cc1F. The fraction of sp³-hybridized carbons (Fsp3) is 0.0769. The highest BCUT2D eigenvalue weighted by atomic mass is 35.5. The van der Waals surface area contributed by atoms with Crippen molar-refractivity contribution < 1.29 is 8.78 Å². The molecule has 0 bridgehead atoms. The zero-order chi connectivity index (χ0) is 14.3. The minimum absolute atomic E-state index is 0.104. The summed E-state index contributed by atoms with van der Waals surface area (Å²) < 4.78 is 28.0. The number of pyridine rings is 1. The van der Waals surface area contributed by atoms with Crippen molar-refractivity contribution in [1.29, 1.82) is 0 Å². The highest BCUT2D eigenvalue weighted by Crippen LogP contribution is 2.24. The van der Waals surface area contributed by atoms with Crippen LogP contribution in [0.3, 0.4) is 0 Å². The van der Waals surface area contributed by atoms with Gasteiger partial charge >= 0.3 is 0 Å². The van der Waals surface area contributed by atoms with Gasteiger partial charge in [-0.25, -0.2) is 18.7 Å². The molecule has 0 unspecified atom stereocenters. The van der Waals surface area contributed by atoms with E-state index < -0.39 is 11.6 Å². The lowest BCUT2D eigenvalue weighted by molar-refractivity contribution is 0.508. The summed E-state index contributed by atoms with van der Waals surface area (Å²) in [6, 6.07) is 5.19. The van der Waals surface area contributed by atoms with E-state index in [4.69, 9.17) is 23.2 Å². The number of rotatable bonds is 2. The molecule has 0 amide bonds. The molecule has 2 heterocycles. The van der Waals surface area contributed by atoms with Crippen LogP contribution in [0.5, 0.6) is 0 Å². The van der Waals surface area contributed by atoms with E-state index in [9.17, 15) is 8.78 Å². The molecule has 3 rings (SSSR count). The van der Waals surface area contributed by atoms with E-state index in [0.29, 0.717) is 27.7 Å². The Kier molecular flexibility index (Phi) is 3.31. The van der Waals surface area contributed by atoms with Crippen LogP contribution in [0, 0.1) is 11.6 Å². The van der Waals surface area contributed by atoms with Crippen molar-refractivity contribution >= 4 is 34.4 Å². The number of aromatic nitrogens is 3. The Labute approximate surface area is 122 Å². The Morgan fingerprint density at radius 1 is 1.15 bits per heavy atom. The summed E-state index contributed by atoms with van der Waals surface area (Å²) in [7, 11) is 0. The fourth-order valence-corrected chi connectivity index (χ4v) is 2.30. The maximum Gasteiger partial charge on any atom is 0.164 e. The Balaban J connectivity index is 2.30. The molecule has 0 aliphatic carbocycles. The predicted molar refractivity (Wildman–Crippen MR) is 73.3 cm³/mol. The van der Waals surface area contributed by atoms with E-state index in [-0.39, 0.29) is 5.88 Å². The number of hydrogen-bond acceptors (Lipinski definition) is 2. The molecule has 102 valence electrons. The van der Waals surface area contributed by atoms with Crippen LogP contribution in [0.25, 0.3) is 16.9 Å². The number of nitrogens with zero attached hydrogens (tertiary/aromatic N) is 3. The first kappa shape index (κ1) is 13.3. The maximum atomic E-state index is 13.4. The van der Waals surface area contributed by atoms with E-state index in [1.165, 1.54) is 12.3 Å². The molecular formula is C13H7Cl2F2N3. The van der Waals surface area contributed by atoms with E-state index in [0.717, 1.165) is 12.1 Å². The minimum Gasteiger partial charge on any atom is -0.280 e. The molecule has 2 aromatic heterocycles. The molecule has 0 fully saturated rings. The number of fused-ring (bicyclic) bond motifs is 1. The van der Waals surface area contributed by atoms with Gasteiger partial charge in [-0.15, -0.1) is 11.6 Å². The van der Waals surface area contributed by atoms with Crippen molar-refractivity contribution in [3.8, 4) is 5.69 Å². The molecule has 0 spiro atoms. The summed E-state index contributed by atoms with van der Waals surface area (Å²) in [6.45, 7) is 0. The minimum atomic E-state index is -0.946. The molecule has 0 N–H and O–H groups in total. The van der Waals surface area contributed by atoms with Gasteiger partial charge in [0.1, 0.15) is 11.3 Å². The first-order valence-corrected chi connectivity index (χ1v) is 6.55. The molecular weight excluding hydrogens is 307 g/mol. The summed E-state index contributed by atoms with van der Waals surface area (Å²) in [5.41, 5.74) is 1.42. The largest absolute Gasteiger partial charge is 0.280 e. The molecule has 20 heavy (non-hydrogen) atoms. The summed E-state index contributed by atoms with van der Waals surface area (Å²) in [5.74, 6) is -1.28. The lowest BCUT2D eigenvalue weighted by Gasteiger charge is -2.07. The van der Waals surface area contributed by atoms with Crippen LogP contribution < -0.4 is 0 Å². The van der Waals surface area contributed by atoms with Crippen LogP contribution in [0.4, 0.5) is 8.78 Å². The van der Waals surface area contributed by atoms with Gasteiger partial charge in [0.2, 0.25) is 0 Å². The molecule has 3 nitrogen and oxygen atoms in total. The Morgan fingerprint density at radius 2 is 1.95 bits per heavy atom. The zero-order valence-corrected chi connectivity index (χ0v) is 11.5.